The highest BCUT2D eigenvalue weighted by molar-refractivity contribution is 7.98. The molecule has 3 aromatic heterocycles. The molecule has 4 rings (SSSR count). The largest absolute Gasteiger partial charge is 0.295 e. The molecule has 0 spiro atoms. The second-order valence-corrected chi connectivity index (χ2v) is 7.67. The van der Waals surface area contributed by atoms with Crippen molar-refractivity contribution >= 4 is 28.1 Å². The summed E-state index contributed by atoms with van der Waals surface area (Å²) in [7, 11) is 0. The zero-order valence-electron chi connectivity index (χ0n) is 13.8. The van der Waals surface area contributed by atoms with E-state index in [1.807, 2.05) is 11.6 Å². The van der Waals surface area contributed by atoms with Gasteiger partial charge in [0.1, 0.15) is 0 Å². The van der Waals surface area contributed by atoms with Crippen LogP contribution in [0.15, 0.2) is 58.2 Å². The summed E-state index contributed by atoms with van der Waals surface area (Å²) >= 11 is 3.04. The van der Waals surface area contributed by atoms with Crippen LogP contribution in [0, 0.1) is 13.8 Å². The van der Waals surface area contributed by atoms with Crippen LogP contribution in [-0.4, -0.2) is 18.9 Å². The summed E-state index contributed by atoms with van der Waals surface area (Å²) in [4.78, 5) is 21.8. The maximum atomic E-state index is 12.1. The first-order valence-corrected chi connectivity index (χ1v) is 9.67. The summed E-state index contributed by atoms with van der Waals surface area (Å²) in [6.45, 7) is 4.18. The van der Waals surface area contributed by atoms with E-state index in [-0.39, 0.29) is 5.56 Å². The van der Waals surface area contributed by atoms with Gasteiger partial charge in [0.25, 0.3) is 5.56 Å². The Bertz CT molecular complexity index is 1090. The van der Waals surface area contributed by atoms with Gasteiger partial charge in [-0.2, -0.15) is 0 Å². The number of hydrogen-bond acceptors (Lipinski definition) is 5. The molecule has 126 valence electrons. The van der Waals surface area contributed by atoms with E-state index >= 15 is 0 Å². The Hall–Kier alpha value is -2.38. The van der Waals surface area contributed by atoms with Gasteiger partial charge in [-0.25, -0.2) is 9.97 Å². The summed E-state index contributed by atoms with van der Waals surface area (Å²) in [5.41, 5.74) is 4.26. The topological polar surface area (TPSA) is 52.2 Å². The van der Waals surface area contributed by atoms with Gasteiger partial charge < -0.3 is 0 Å². The fourth-order valence-corrected chi connectivity index (χ4v) is 4.39. The van der Waals surface area contributed by atoms with E-state index in [0.717, 1.165) is 21.5 Å². The number of rotatable bonds is 4. The Morgan fingerprint density at radius 1 is 1.12 bits per heavy atom. The van der Waals surface area contributed by atoms with Crippen LogP contribution in [0.3, 0.4) is 0 Å². The molecule has 0 fully saturated rings. The lowest BCUT2D eigenvalue weighted by atomic mass is 10.1. The minimum absolute atomic E-state index is 0.0421. The van der Waals surface area contributed by atoms with Gasteiger partial charge in [-0.1, -0.05) is 17.8 Å². The number of thiazole rings is 1. The molecule has 0 aliphatic rings. The third-order valence-corrected chi connectivity index (χ3v) is 5.55. The van der Waals surface area contributed by atoms with Crippen LogP contribution in [0.4, 0.5) is 0 Å². The molecule has 0 bridgehead atoms. The van der Waals surface area contributed by atoms with Gasteiger partial charge >= 0.3 is 0 Å². The molecule has 25 heavy (non-hydrogen) atoms. The lowest BCUT2D eigenvalue weighted by Gasteiger charge is -2.09. The molecule has 0 aliphatic carbocycles. The average Bonchev–Trinajstić information content (AvgIpc) is 3.21. The first-order chi connectivity index (χ1) is 12.1. The first-order valence-electron chi connectivity index (χ1n) is 7.81. The summed E-state index contributed by atoms with van der Waals surface area (Å²) in [5.74, 6) is 0.603. The molecular formula is C18H16N4OS2. The molecule has 5 nitrogen and oxygen atoms in total. The lowest BCUT2D eigenvalue weighted by Crippen LogP contribution is -2.12. The van der Waals surface area contributed by atoms with Gasteiger partial charge in [-0.15, -0.1) is 11.3 Å². The molecule has 4 aromatic rings. The second-order valence-electron chi connectivity index (χ2n) is 5.86. The summed E-state index contributed by atoms with van der Waals surface area (Å²) in [6.07, 6.45) is 5.51. The molecule has 0 unspecified atom stereocenters. The van der Waals surface area contributed by atoms with E-state index in [2.05, 4.69) is 46.6 Å². The van der Waals surface area contributed by atoms with Crippen LogP contribution in [0.1, 0.15) is 16.8 Å². The SMILES string of the molecule is Cc1cc(C)cc(-n2ccnc2SCc2cc(=O)n3ccsc3n2)c1. The van der Waals surface area contributed by atoms with E-state index < -0.39 is 0 Å². The maximum Gasteiger partial charge on any atom is 0.258 e. The number of benzene rings is 1. The molecule has 0 aliphatic heterocycles. The van der Waals surface area contributed by atoms with E-state index in [9.17, 15) is 4.79 Å². The Labute approximate surface area is 153 Å². The summed E-state index contributed by atoms with van der Waals surface area (Å²) in [5, 5.41) is 2.76. The average molecular weight is 368 g/mol. The van der Waals surface area contributed by atoms with Crippen molar-refractivity contribution in [3.63, 3.8) is 0 Å². The van der Waals surface area contributed by atoms with Crippen molar-refractivity contribution in [2.45, 2.75) is 24.8 Å². The van der Waals surface area contributed by atoms with Crippen LogP contribution >= 0.6 is 23.1 Å². The zero-order valence-corrected chi connectivity index (χ0v) is 15.5. The van der Waals surface area contributed by atoms with Crippen molar-refractivity contribution in [3.8, 4) is 5.69 Å². The Morgan fingerprint density at radius 3 is 2.72 bits per heavy atom. The monoisotopic (exact) mass is 368 g/mol. The minimum atomic E-state index is -0.0421. The predicted octanol–water partition coefficient (Wildman–Crippen LogP) is 3.85. The number of thioether (sulfide) groups is 1. The van der Waals surface area contributed by atoms with E-state index in [1.165, 1.54) is 22.5 Å². The molecule has 7 heteroatoms. The van der Waals surface area contributed by atoms with E-state index in [0.29, 0.717) is 5.75 Å². The van der Waals surface area contributed by atoms with Crippen LogP contribution in [0.25, 0.3) is 10.6 Å². The molecule has 0 amide bonds. The van der Waals surface area contributed by atoms with Gasteiger partial charge in [0.2, 0.25) is 0 Å². The second kappa shape index (κ2) is 6.50. The van der Waals surface area contributed by atoms with Gasteiger partial charge in [0.15, 0.2) is 10.1 Å². The molecule has 0 saturated heterocycles. The van der Waals surface area contributed by atoms with Crippen LogP contribution in [0.2, 0.25) is 0 Å². The molecule has 0 N–H and O–H groups in total. The van der Waals surface area contributed by atoms with Crippen LogP contribution in [0.5, 0.6) is 0 Å². The first kappa shape index (κ1) is 16.1. The Morgan fingerprint density at radius 2 is 1.92 bits per heavy atom. The quantitative estimate of drug-likeness (QED) is 0.514. The van der Waals surface area contributed by atoms with Crippen molar-refractivity contribution in [3.05, 3.63) is 75.4 Å². The highest BCUT2D eigenvalue weighted by atomic mass is 32.2. The van der Waals surface area contributed by atoms with Crippen molar-refractivity contribution in [1.82, 2.24) is 18.9 Å². The minimum Gasteiger partial charge on any atom is -0.295 e. The zero-order chi connectivity index (χ0) is 17.4. The number of aromatic nitrogens is 4. The number of fused-ring (bicyclic) bond motifs is 1. The van der Waals surface area contributed by atoms with Gasteiger partial charge in [-0.05, 0) is 37.1 Å². The molecule has 0 saturated carbocycles. The fourth-order valence-electron chi connectivity index (χ4n) is 2.78. The third kappa shape index (κ3) is 3.25. The van der Waals surface area contributed by atoms with Crippen LogP contribution < -0.4 is 5.56 Å². The summed E-state index contributed by atoms with van der Waals surface area (Å²) < 4.78 is 3.64. The lowest BCUT2D eigenvalue weighted by molar-refractivity contribution is 0.891. The van der Waals surface area contributed by atoms with Gasteiger partial charge in [-0.3, -0.25) is 13.8 Å². The third-order valence-electron chi connectivity index (χ3n) is 3.80. The number of hydrogen-bond donors (Lipinski definition) is 0. The van der Waals surface area contributed by atoms with Crippen molar-refractivity contribution in [2.75, 3.05) is 0 Å². The Kier molecular flexibility index (Phi) is 4.19. The van der Waals surface area contributed by atoms with Crippen LogP contribution in [-0.2, 0) is 5.75 Å². The van der Waals surface area contributed by atoms with Crippen molar-refractivity contribution in [1.29, 1.82) is 0 Å². The number of nitrogens with zero attached hydrogens (tertiary/aromatic N) is 4. The van der Waals surface area contributed by atoms with E-state index in [1.54, 1.807) is 34.6 Å². The van der Waals surface area contributed by atoms with Gasteiger partial charge in [0, 0.05) is 41.5 Å². The molecule has 0 radical (unpaired) electrons. The highest BCUT2D eigenvalue weighted by Gasteiger charge is 2.09. The fraction of sp³-hybridized carbons (Fsp3) is 0.167. The van der Waals surface area contributed by atoms with Crippen molar-refractivity contribution in [2.24, 2.45) is 0 Å². The standard InChI is InChI=1S/C18H16N4OS2/c1-12-7-13(2)9-15(8-12)21-4-3-19-17(21)25-11-14-10-16(23)22-5-6-24-18(22)20-14/h3-10H,11H2,1-2H3. The predicted molar refractivity (Wildman–Crippen MR) is 102 cm³/mol. The number of imidazole rings is 1. The van der Waals surface area contributed by atoms with Gasteiger partial charge in [0.05, 0.1) is 5.69 Å². The maximum absolute atomic E-state index is 12.1. The molecule has 0 atom stereocenters. The Balaban J connectivity index is 1.61. The van der Waals surface area contributed by atoms with E-state index in [4.69, 9.17) is 0 Å². The number of aryl methyl sites for hydroxylation is 2. The summed E-state index contributed by atoms with van der Waals surface area (Å²) in [6, 6.07) is 8.03. The molecule has 1 aromatic carbocycles. The van der Waals surface area contributed by atoms with Crippen molar-refractivity contribution < 1.29 is 0 Å². The highest BCUT2D eigenvalue weighted by Crippen LogP contribution is 2.24. The smallest absolute Gasteiger partial charge is 0.258 e. The normalized spacial score (nSPS) is 11.3. The molecule has 3 heterocycles. The molecular weight excluding hydrogens is 352 g/mol.